The molecule has 1 heterocycles. The highest BCUT2D eigenvalue weighted by Gasteiger charge is 2.19. The molecule has 0 aromatic carbocycles. The standard InChI is InChI=1S/C11H17N3/c1-5-7-10-11(9(3)4)12-13-14(10)8-6-2/h5-6,12-13H,1-3,7-8H2,4H3. The molecule has 0 radical (unpaired) electrons. The molecule has 1 aliphatic rings. The normalized spacial score (nSPS) is 15.4. The SMILES string of the molecule is C=CCC1=C(C(=C)C)NNN1CC=C. The third-order valence-electron chi connectivity index (χ3n) is 2.01. The van der Waals surface area contributed by atoms with Gasteiger partial charge in [-0.1, -0.05) is 18.7 Å². The summed E-state index contributed by atoms with van der Waals surface area (Å²) in [6, 6.07) is 0. The molecule has 2 N–H and O–H groups in total. The van der Waals surface area contributed by atoms with Crippen molar-refractivity contribution in [3.05, 3.63) is 48.9 Å². The lowest BCUT2D eigenvalue weighted by Gasteiger charge is -2.17. The molecule has 0 atom stereocenters. The van der Waals surface area contributed by atoms with Crippen molar-refractivity contribution < 1.29 is 0 Å². The first-order valence-corrected chi connectivity index (χ1v) is 4.60. The van der Waals surface area contributed by atoms with Crippen LogP contribution >= 0.6 is 0 Å². The average molecular weight is 191 g/mol. The third-order valence-corrected chi connectivity index (χ3v) is 2.01. The number of nitrogens with zero attached hydrogens (tertiary/aromatic N) is 1. The molecule has 1 aliphatic heterocycles. The second-order valence-corrected chi connectivity index (χ2v) is 3.23. The molecule has 0 aromatic heterocycles. The summed E-state index contributed by atoms with van der Waals surface area (Å²) in [5.41, 5.74) is 9.36. The lowest BCUT2D eigenvalue weighted by atomic mass is 10.1. The molecule has 0 bridgehead atoms. The molecule has 0 amide bonds. The molecule has 0 aromatic rings. The molecule has 0 spiro atoms. The highest BCUT2D eigenvalue weighted by Crippen LogP contribution is 2.20. The number of allylic oxidation sites excluding steroid dienone is 2. The topological polar surface area (TPSA) is 27.3 Å². The molecular formula is C11H17N3. The van der Waals surface area contributed by atoms with E-state index in [4.69, 9.17) is 0 Å². The van der Waals surface area contributed by atoms with Crippen LogP contribution in [-0.4, -0.2) is 11.6 Å². The number of hydrogen-bond acceptors (Lipinski definition) is 3. The van der Waals surface area contributed by atoms with Crippen LogP contribution in [0.1, 0.15) is 13.3 Å². The van der Waals surface area contributed by atoms with Gasteiger partial charge in [-0.25, -0.2) is 0 Å². The quantitative estimate of drug-likeness (QED) is 0.649. The van der Waals surface area contributed by atoms with E-state index >= 15 is 0 Å². The zero-order chi connectivity index (χ0) is 10.6. The Kier molecular flexibility index (Phi) is 3.54. The lowest BCUT2D eigenvalue weighted by molar-refractivity contribution is 0.273. The summed E-state index contributed by atoms with van der Waals surface area (Å²) >= 11 is 0. The van der Waals surface area contributed by atoms with Crippen LogP contribution in [-0.2, 0) is 0 Å². The van der Waals surface area contributed by atoms with Crippen molar-refractivity contribution in [3.8, 4) is 0 Å². The molecule has 14 heavy (non-hydrogen) atoms. The fourth-order valence-corrected chi connectivity index (χ4v) is 1.38. The average Bonchev–Trinajstić information content (AvgIpc) is 2.50. The van der Waals surface area contributed by atoms with E-state index in [2.05, 4.69) is 30.7 Å². The summed E-state index contributed by atoms with van der Waals surface area (Å²) < 4.78 is 0. The second kappa shape index (κ2) is 4.67. The fraction of sp³-hybridized carbons (Fsp3) is 0.273. The Balaban J connectivity index is 2.88. The van der Waals surface area contributed by atoms with Crippen molar-refractivity contribution >= 4 is 0 Å². The molecule has 76 valence electrons. The van der Waals surface area contributed by atoms with Crippen LogP contribution in [0, 0.1) is 0 Å². The Labute approximate surface area is 85.4 Å². The van der Waals surface area contributed by atoms with Crippen molar-refractivity contribution in [2.24, 2.45) is 0 Å². The highest BCUT2D eigenvalue weighted by molar-refractivity contribution is 5.32. The molecule has 0 aliphatic carbocycles. The van der Waals surface area contributed by atoms with Crippen LogP contribution in [0.5, 0.6) is 0 Å². The van der Waals surface area contributed by atoms with Gasteiger partial charge in [-0.3, -0.25) is 5.01 Å². The van der Waals surface area contributed by atoms with E-state index in [1.165, 1.54) is 0 Å². The molecule has 0 saturated heterocycles. The van der Waals surface area contributed by atoms with Gasteiger partial charge in [0.2, 0.25) is 0 Å². The first kappa shape index (κ1) is 10.6. The van der Waals surface area contributed by atoms with Gasteiger partial charge in [0.05, 0.1) is 17.9 Å². The molecule has 0 saturated carbocycles. The van der Waals surface area contributed by atoms with Gasteiger partial charge in [0.1, 0.15) is 0 Å². The molecule has 0 unspecified atom stereocenters. The minimum Gasteiger partial charge on any atom is -0.302 e. The molecule has 3 heteroatoms. The van der Waals surface area contributed by atoms with Gasteiger partial charge in [0, 0.05) is 6.42 Å². The van der Waals surface area contributed by atoms with Gasteiger partial charge in [-0.15, -0.1) is 18.7 Å². The third kappa shape index (κ3) is 2.06. The lowest BCUT2D eigenvalue weighted by Crippen LogP contribution is -2.37. The van der Waals surface area contributed by atoms with Crippen LogP contribution in [0.4, 0.5) is 0 Å². The Bertz CT molecular complexity index is 289. The summed E-state index contributed by atoms with van der Waals surface area (Å²) in [7, 11) is 0. The van der Waals surface area contributed by atoms with E-state index in [0.717, 1.165) is 29.9 Å². The van der Waals surface area contributed by atoms with Gasteiger partial charge in [-0.05, 0) is 12.5 Å². The number of rotatable bonds is 5. The first-order chi connectivity index (χ1) is 6.70. The van der Waals surface area contributed by atoms with Crippen molar-refractivity contribution in [2.45, 2.75) is 13.3 Å². The fourth-order valence-electron chi connectivity index (χ4n) is 1.38. The number of hydrogen-bond donors (Lipinski definition) is 2. The molecule has 3 nitrogen and oxygen atoms in total. The van der Waals surface area contributed by atoms with E-state index < -0.39 is 0 Å². The van der Waals surface area contributed by atoms with Crippen LogP contribution in [0.15, 0.2) is 48.9 Å². The maximum atomic E-state index is 3.92. The van der Waals surface area contributed by atoms with E-state index in [-0.39, 0.29) is 0 Å². The monoisotopic (exact) mass is 191 g/mol. The maximum absolute atomic E-state index is 3.92. The molecule has 1 rings (SSSR count). The predicted molar refractivity (Wildman–Crippen MR) is 59.8 cm³/mol. The first-order valence-electron chi connectivity index (χ1n) is 4.60. The van der Waals surface area contributed by atoms with Gasteiger partial charge >= 0.3 is 0 Å². The van der Waals surface area contributed by atoms with E-state index in [9.17, 15) is 0 Å². The van der Waals surface area contributed by atoms with Crippen molar-refractivity contribution in [1.82, 2.24) is 16.0 Å². The van der Waals surface area contributed by atoms with Crippen LogP contribution < -0.4 is 11.0 Å². The maximum Gasteiger partial charge on any atom is 0.0738 e. The second-order valence-electron chi connectivity index (χ2n) is 3.23. The van der Waals surface area contributed by atoms with Crippen molar-refractivity contribution in [3.63, 3.8) is 0 Å². The number of nitrogens with one attached hydrogen (secondary N) is 2. The summed E-state index contributed by atoms with van der Waals surface area (Å²) in [6.45, 7) is 14.1. The predicted octanol–water partition coefficient (Wildman–Crippen LogP) is 1.86. The Morgan fingerprint density at radius 3 is 2.64 bits per heavy atom. The molecule has 0 fully saturated rings. The summed E-state index contributed by atoms with van der Waals surface area (Å²) in [5.74, 6) is 0. The summed E-state index contributed by atoms with van der Waals surface area (Å²) in [6.07, 6.45) is 4.54. The van der Waals surface area contributed by atoms with Crippen molar-refractivity contribution in [2.75, 3.05) is 6.54 Å². The van der Waals surface area contributed by atoms with Gasteiger partial charge in [0.25, 0.3) is 0 Å². The summed E-state index contributed by atoms with van der Waals surface area (Å²) in [5, 5.41) is 2.00. The van der Waals surface area contributed by atoms with E-state index in [0.29, 0.717) is 0 Å². The zero-order valence-electron chi connectivity index (χ0n) is 8.64. The van der Waals surface area contributed by atoms with Crippen molar-refractivity contribution in [1.29, 1.82) is 0 Å². The minimum absolute atomic E-state index is 0.757. The van der Waals surface area contributed by atoms with E-state index in [1.54, 1.807) is 0 Å². The smallest absolute Gasteiger partial charge is 0.0738 e. The van der Waals surface area contributed by atoms with Gasteiger partial charge < -0.3 is 5.43 Å². The van der Waals surface area contributed by atoms with Gasteiger partial charge in [-0.2, -0.15) is 0 Å². The summed E-state index contributed by atoms with van der Waals surface area (Å²) in [4.78, 5) is 0. The van der Waals surface area contributed by atoms with Crippen LogP contribution in [0.25, 0.3) is 0 Å². The largest absolute Gasteiger partial charge is 0.302 e. The molecular weight excluding hydrogens is 174 g/mol. The van der Waals surface area contributed by atoms with Gasteiger partial charge in [0.15, 0.2) is 0 Å². The highest BCUT2D eigenvalue weighted by atomic mass is 15.7. The number of hydrazine groups is 2. The van der Waals surface area contributed by atoms with Crippen LogP contribution in [0.2, 0.25) is 0 Å². The Morgan fingerprint density at radius 2 is 2.14 bits per heavy atom. The minimum atomic E-state index is 0.757. The van der Waals surface area contributed by atoms with Crippen LogP contribution in [0.3, 0.4) is 0 Å². The Hall–Kier alpha value is -1.48. The Morgan fingerprint density at radius 1 is 1.43 bits per heavy atom. The van der Waals surface area contributed by atoms with E-state index in [1.807, 2.05) is 24.1 Å². The zero-order valence-corrected chi connectivity index (χ0v) is 8.64.